The van der Waals surface area contributed by atoms with Crippen LogP contribution in [0.3, 0.4) is 0 Å². The molecule has 3 aromatic carbocycles. The Balaban J connectivity index is 1.75. The predicted octanol–water partition coefficient (Wildman–Crippen LogP) is 5.48. The van der Waals surface area contributed by atoms with Crippen molar-refractivity contribution in [2.75, 3.05) is 11.9 Å². The molecule has 0 aliphatic rings. The molecule has 1 aromatic heterocycles. The molecule has 1 atom stereocenters. The molecule has 4 rings (SSSR count). The summed E-state index contributed by atoms with van der Waals surface area (Å²) in [5, 5.41) is 11.7. The number of aromatic nitrogens is 2. The van der Waals surface area contributed by atoms with E-state index in [9.17, 15) is 4.39 Å². The maximum absolute atomic E-state index is 14.6. The van der Waals surface area contributed by atoms with Crippen molar-refractivity contribution in [3.05, 3.63) is 96.1 Å². The Morgan fingerprint density at radius 3 is 2.45 bits per heavy atom. The molecule has 29 heavy (non-hydrogen) atoms. The van der Waals surface area contributed by atoms with Gasteiger partial charge in [0.25, 0.3) is 0 Å². The largest absolute Gasteiger partial charge is 0.492 e. The van der Waals surface area contributed by atoms with Crippen LogP contribution in [0.5, 0.6) is 5.75 Å². The van der Waals surface area contributed by atoms with Gasteiger partial charge in [-0.05, 0) is 37.3 Å². The van der Waals surface area contributed by atoms with Crippen LogP contribution in [0.25, 0.3) is 11.5 Å². The van der Waals surface area contributed by atoms with E-state index in [0.717, 1.165) is 5.56 Å². The van der Waals surface area contributed by atoms with Crippen LogP contribution in [-0.2, 0) is 0 Å². The van der Waals surface area contributed by atoms with Crippen molar-refractivity contribution in [2.45, 2.75) is 13.0 Å². The van der Waals surface area contributed by atoms with Gasteiger partial charge in [0.2, 0.25) is 11.8 Å². The van der Waals surface area contributed by atoms with Crippen LogP contribution in [0.2, 0.25) is 0 Å². The fourth-order valence-corrected chi connectivity index (χ4v) is 3.05. The summed E-state index contributed by atoms with van der Waals surface area (Å²) in [6, 6.07) is 22.8. The minimum atomic E-state index is -0.678. The number of benzene rings is 3. The van der Waals surface area contributed by atoms with Gasteiger partial charge in [-0.15, -0.1) is 10.2 Å². The maximum atomic E-state index is 14.6. The second-order valence-corrected chi connectivity index (χ2v) is 6.34. The third-order valence-electron chi connectivity index (χ3n) is 4.41. The lowest BCUT2D eigenvalue weighted by Gasteiger charge is -2.19. The minimum absolute atomic E-state index is 0.264. The van der Waals surface area contributed by atoms with E-state index in [1.54, 1.807) is 18.2 Å². The van der Waals surface area contributed by atoms with Gasteiger partial charge in [0.1, 0.15) is 17.6 Å². The normalized spacial score (nSPS) is 11.8. The third-order valence-corrected chi connectivity index (χ3v) is 4.41. The first kappa shape index (κ1) is 18.7. The van der Waals surface area contributed by atoms with Gasteiger partial charge < -0.3 is 14.5 Å². The van der Waals surface area contributed by atoms with Crippen molar-refractivity contribution >= 4 is 5.69 Å². The Hall–Kier alpha value is -3.67. The molecule has 0 aliphatic carbocycles. The summed E-state index contributed by atoms with van der Waals surface area (Å²) in [7, 11) is 0. The van der Waals surface area contributed by atoms with E-state index >= 15 is 0 Å². The van der Waals surface area contributed by atoms with Crippen molar-refractivity contribution in [3.63, 3.8) is 0 Å². The number of halogens is 1. The van der Waals surface area contributed by atoms with E-state index in [-0.39, 0.29) is 11.7 Å². The Labute approximate surface area is 168 Å². The molecule has 5 nitrogen and oxygen atoms in total. The van der Waals surface area contributed by atoms with Crippen LogP contribution in [0.4, 0.5) is 10.1 Å². The highest BCUT2D eigenvalue weighted by Gasteiger charge is 2.25. The molecule has 0 saturated heterocycles. The summed E-state index contributed by atoms with van der Waals surface area (Å²) in [5.41, 5.74) is 1.91. The molecule has 4 aromatic rings. The third kappa shape index (κ3) is 4.11. The molecule has 0 bridgehead atoms. The quantitative estimate of drug-likeness (QED) is 0.454. The van der Waals surface area contributed by atoms with Crippen LogP contribution in [0.1, 0.15) is 24.4 Å². The van der Waals surface area contributed by atoms with E-state index in [4.69, 9.17) is 9.15 Å². The number of hydrogen-bond acceptors (Lipinski definition) is 5. The first-order valence-corrected chi connectivity index (χ1v) is 9.38. The molecular formula is C23H20FN3O2. The van der Waals surface area contributed by atoms with Gasteiger partial charge in [-0.3, -0.25) is 0 Å². The lowest BCUT2D eigenvalue weighted by atomic mass is 10.1. The molecule has 1 unspecified atom stereocenters. The highest BCUT2D eigenvalue weighted by atomic mass is 19.1. The first-order valence-electron chi connectivity index (χ1n) is 9.38. The van der Waals surface area contributed by atoms with Crippen molar-refractivity contribution in [1.29, 1.82) is 0 Å². The van der Waals surface area contributed by atoms with Crippen LogP contribution in [0, 0.1) is 5.82 Å². The second-order valence-electron chi connectivity index (χ2n) is 6.34. The topological polar surface area (TPSA) is 60.2 Å². The summed E-state index contributed by atoms with van der Waals surface area (Å²) in [4.78, 5) is 0. The van der Waals surface area contributed by atoms with E-state index < -0.39 is 6.04 Å². The Kier molecular flexibility index (Phi) is 5.52. The predicted molar refractivity (Wildman–Crippen MR) is 109 cm³/mol. The molecule has 0 radical (unpaired) electrons. The highest BCUT2D eigenvalue weighted by molar-refractivity contribution is 5.58. The highest BCUT2D eigenvalue weighted by Crippen LogP contribution is 2.33. The zero-order chi connectivity index (χ0) is 20.1. The van der Waals surface area contributed by atoms with E-state index in [1.165, 1.54) is 6.07 Å². The van der Waals surface area contributed by atoms with Crippen LogP contribution in [-0.4, -0.2) is 16.8 Å². The number of rotatable bonds is 7. The number of nitrogens with zero attached hydrogens (tertiary/aromatic N) is 2. The van der Waals surface area contributed by atoms with E-state index in [2.05, 4.69) is 15.5 Å². The van der Waals surface area contributed by atoms with Gasteiger partial charge >= 0.3 is 0 Å². The van der Waals surface area contributed by atoms with E-state index in [0.29, 0.717) is 29.5 Å². The van der Waals surface area contributed by atoms with Crippen LogP contribution in [0.15, 0.2) is 83.3 Å². The lowest BCUT2D eigenvalue weighted by Crippen LogP contribution is -2.15. The smallest absolute Gasteiger partial charge is 0.247 e. The van der Waals surface area contributed by atoms with E-state index in [1.807, 2.05) is 61.5 Å². The summed E-state index contributed by atoms with van der Waals surface area (Å²) in [5.74, 6) is 0.944. The van der Waals surface area contributed by atoms with Gasteiger partial charge in [-0.1, -0.05) is 48.5 Å². The molecule has 0 amide bonds. The molecule has 0 spiro atoms. The average molecular weight is 389 g/mol. The Morgan fingerprint density at radius 2 is 1.66 bits per heavy atom. The lowest BCUT2D eigenvalue weighted by molar-refractivity contribution is 0.341. The van der Waals surface area contributed by atoms with Crippen molar-refractivity contribution in [1.82, 2.24) is 10.2 Å². The monoisotopic (exact) mass is 389 g/mol. The Bertz CT molecular complexity index is 1080. The van der Waals surface area contributed by atoms with Crippen molar-refractivity contribution in [2.24, 2.45) is 0 Å². The van der Waals surface area contributed by atoms with Gasteiger partial charge in [0, 0.05) is 11.1 Å². The SMILES string of the molecule is CCOc1ccccc1NC(c1nnc(-c2ccccc2)o1)c1ccccc1F. The molecule has 0 fully saturated rings. The maximum Gasteiger partial charge on any atom is 0.247 e. The number of para-hydroxylation sites is 2. The Morgan fingerprint density at radius 1 is 0.931 bits per heavy atom. The molecule has 1 heterocycles. The van der Waals surface area contributed by atoms with Crippen molar-refractivity contribution in [3.8, 4) is 17.2 Å². The first-order chi connectivity index (χ1) is 14.3. The van der Waals surface area contributed by atoms with Crippen LogP contribution < -0.4 is 10.1 Å². The number of nitrogens with one attached hydrogen (secondary N) is 1. The van der Waals surface area contributed by atoms with Crippen LogP contribution >= 0.6 is 0 Å². The summed E-state index contributed by atoms with van der Waals surface area (Å²) < 4.78 is 26.3. The molecule has 0 aliphatic heterocycles. The summed E-state index contributed by atoms with van der Waals surface area (Å²) in [6.45, 7) is 2.43. The summed E-state index contributed by atoms with van der Waals surface area (Å²) in [6.07, 6.45) is 0. The number of anilines is 1. The van der Waals surface area contributed by atoms with Gasteiger partial charge in [0.15, 0.2) is 0 Å². The molecule has 6 heteroatoms. The van der Waals surface area contributed by atoms with Gasteiger partial charge in [-0.2, -0.15) is 0 Å². The molecular weight excluding hydrogens is 369 g/mol. The standard InChI is InChI=1S/C23H20FN3O2/c1-2-28-20-15-9-8-14-19(20)25-21(17-12-6-7-13-18(17)24)23-27-26-22(29-23)16-10-4-3-5-11-16/h3-15,21,25H,2H2,1H3. The minimum Gasteiger partial charge on any atom is -0.492 e. The van der Waals surface area contributed by atoms with Gasteiger partial charge in [-0.25, -0.2) is 4.39 Å². The fraction of sp³-hybridized carbons (Fsp3) is 0.130. The molecule has 0 saturated carbocycles. The molecule has 1 N–H and O–H groups in total. The second kappa shape index (κ2) is 8.56. The zero-order valence-corrected chi connectivity index (χ0v) is 15.9. The fourth-order valence-electron chi connectivity index (χ4n) is 3.05. The number of hydrogen-bond donors (Lipinski definition) is 1. The summed E-state index contributed by atoms with van der Waals surface area (Å²) >= 11 is 0. The number of ether oxygens (including phenoxy) is 1. The zero-order valence-electron chi connectivity index (χ0n) is 15.9. The average Bonchev–Trinajstić information content (AvgIpc) is 3.25. The van der Waals surface area contributed by atoms with Gasteiger partial charge in [0.05, 0.1) is 12.3 Å². The molecule has 146 valence electrons. The van der Waals surface area contributed by atoms with Crippen molar-refractivity contribution < 1.29 is 13.5 Å².